The van der Waals surface area contributed by atoms with Gasteiger partial charge in [-0.25, -0.2) is 0 Å². The summed E-state index contributed by atoms with van der Waals surface area (Å²) in [5.41, 5.74) is 4.20. The molecule has 0 saturated heterocycles. The summed E-state index contributed by atoms with van der Waals surface area (Å²) in [7, 11) is 0. The van der Waals surface area contributed by atoms with Gasteiger partial charge in [-0.3, -0.25) is 5.73 Å². The molecule has 2 unspecified atom stereocenters. The molecule has 0 saturated carbocycles. The van der Waals surface area contributed by atoms with Gasteiger partial charge in [0.15, 0.2) is 6.23 Å². The van der Waals surface area contributed by atoms with E-state index in [-0.39, 0.29) is 6.42 Å². The van der Waals surface area contributed by atoms with Gasteiger partial charge in [0.2, 0.25) is 0 Å². The van der Waals surface area contributed by atoms with Gasteiger partial charge < -0.3 is 14.9 Å². The van der Waals surface area contributed by atoms with Gasteiger partial charge in [0.05, 0.1) is 6.61 Å². The normalized spacial score (nSPS) is 16.2. The van der Waals surface area contributed by atoms with Crippen LogP contribution in [0.2, 0.25) is 0 Å². The van der Waals surface area contributed by atoms with Gasteiger partial charge >= 0.3 is 0 Å². The lowest BCUT2D eigenvalue weighted by atomic mass is 9.99. The van der Waals surface area contributed by atoms with Crippen LogP contribution in [0, 0.1) is 0 Å². The van der Waals surface area contributed by atoms with E-state index in [4.69, 9.17) is 15.6 Å². The van der Waals surface area contributed by atoms with E-state index in [0.29, 0.717) is 5.75 Å². The molecule has 0 heterocycles. The standard InChI is InChI=1S/C12H17NO3/c1-2-8-12(15,9-14)11(13)16-10-6-4-3-5-7-10/h2-7,11,14-15H,1,8-9,13H2. The quantitative estimate of drug-likeness (QED) is 0.489. The van der Waals surface area contributed by atoms with Crippen LogP contribution in [0.15, 0.2) is 43.0 Å². The minimum absolute atomic E-state index is 0.164. The monoisotopic (exact) mass is 223 g/mol. The van der Waals surface area contributed by atoms with Crippen molar-refractivity contribution in [1.82, 2.24) is 0 Å². The van der Waals surface area contributed by atoms with E-state index < -0.39 is 18.4 Å². The number of rotatable bonds is 6. The van der Waals surface area contributed by atoms with Gasteiger partial charge in [-0.15, -0.1) is 6.58 Å². The third-order valence-corrected chi connectivity index (χ3v) is 2.31. The number of benzene rings is 1. The highest BCUT2D eigenvalue weighted by Gasteiger charge is 2.34. The van der Waals surface area contributed by atoms with E-state index in [2.05, 4.69) is 6.58 Å². The Hall–Kier alpha value is -1.36. The number of hydrogen-bond donors (Lipinski definition) is 3. The highest BCUT2D eigenvalue weighted by atomic mass is 16.5. The molecule has 4 heteroatoms. The number of aliphatic hydroxyl groups is 2. The maximum absolute atomic E-state index is 9.98. The lowest BCUT2D eigenvalue weighted by molar-refractivity contribution is -0.0894. The van der Waals surface area contributed by atoms with Crippen LogP contribution in [0.4, 0.5) is 0 Å². The van der Waals surface area contributed by atoms with Gasteiger partial charge in [0.25, 0.3) is 0 Å². The predicted octanol–water partition coefficient (Wildman–Crippen LogP) is 0.650. The average Bonchev–Trinajstić information content (AvgIpc) is 2.30. The molecule has 4 nitrogen and oxygen atoms in total. The summed E-state index contributed by atoms with van der Waals surface area (Å²) < 4.78 is 5.34. The Kier molecular flexibility index (Phi) is 4.49. The second-order valence-electron chi connectivity index (χ2n) is 3.61. The van der Waals surface area contributed by atoms with Crippen LogP contribution in [-0.2, 0) is 0 Å². The fraction of sp³-hybridized carbons (Fsp3) is 0.333. The molecule has 0 bridgehead atoms. The fourth-order valence-corrected chi connectivity index (χ4v) is 1.28. The Bertz CT molecular complexity index is 328. The van der Waals surface area contributed by atoms with Crippen LogP contribution in [0.5, 0.6) is 5.75 Å². The SMILES string of the molecule is C=CCC(O)(CO)C(N)Oc1ccccc1. The number of hydrogen-bond acceptors (Lipinski definition) is 4. The van der Waals surface area contributed by atoms with Crippen LogP contribution in [-0.4, -0.2) is 28.6 Å². The van der Waals surface area contributed by atoms with Crippen molar-refractivity contribution < 1.29 is 14.9 Å². The van der Waals surface area contributed by atoms with Crippen LogP contribution in [0.3, 0.4) is 0 Å². The van der Waals surface area contributed by atoms with Crippen LogP contribution in [0.1, 0.15) is 6.42 Å². The van der Waals surface area contributed by atoms with Crippen molar-refractivity contribution in [3.05, 3.63) is 43.0 Å². The molecule has 88 valence electrons. The second kappa shape index (κ2) is 5.65. The second-order valence-corrected chi connectivity index (χ2v) is 3.61. The van der Waals surface area contributed by atoms with Crippen LogP contribution in [0.25, 0.3) is 0 Å². The topological polar surface area (TPSA) is 75.7 Å². The molecule has 1 aromatic rings. The van der Waals surface area contributed by atoms with Crippen molar-refractivity contribution in [2.24, 2.45) is 5.73 Å². The van der Waals surface area contributed by atoms with Gasteiger partial charge in [-0.05, 0) is 12.1 Å². The number of para-hydroxylation sites is 1. The number of nitrogens with two attached hydrogens (primary N) is 1. The van der Waals surface area contributed by atoms with Crippen molar-refractivity contribution in [2.75, 3.05) is 6.61 Å². The Balaban J connectivity index is 2.69. The first-order chi connectivity index (χ1) is 7.62. The lowest BCUT2D eigenvalue weighted by Gasteiger charge is -2.31. The van der Waals surface area contributed by atoms with Crippen molar-refractivity contribution in [1.29, 1.82) is 0 Å². The Morgan fingerprint density at radius 2 is 2.06 bits per heavy atom. The zero-order chi connectivity index (χ0) is 12.0. The molecule has 0 aromatic heterocycles. The minimum atomic E-state index is -1.50. The van der Waals surface area contributed by atoms with Crippen LogP contribution < -0.4 is 10.5 Å². The molecule has 0 amide bonds. The zero-order valence-electron chi connectivity index (χ0n) is 9.04. The first-order valence-electron chi connectivity index (χ1n) is 5.04. The Labute approximate surface area is 95.0 Å². The third-order valence-electron chi connectivity index (χ3n) is 2.31. The fourth-order valence-electron chi connectivity index (χ4n) is 1.28. The van der Waals surface area contributed by atoms with Crippen molar-refractivity contribution in [2.45, 2.75) is 18.2 Å². The molecule has 1 aromatic carbocycles. The molecule has 0 fully saturated rings. The summed E-state index contributed by atoms with van der Waals surface area (Å²) in [5, 5.41) is 19.1. The summed E-state index contributed by atoms with van der Waals surface area (Å²) in [6, 6.07) is 8.90. The highest BCUT2D eigenvalue weighted by molar-refractivity contribution is 5.21. The Morgan fingerprint density at radius 3 is 2.56 bits per heavy atom. The van der Waals surface area contributed by atoms with E-state index in [1.807, 2.05) is 6.07 Å². The molecular formula is C12H17NO3. The Morgan fingerprint density at radius 1 is 1.44 bits per heavy atom. The summed E-state index contributed by atoms with van der Waals surface area (Å²) in [4.78, 5) is 0. The molecule has 4 N–H and O–H groups in total. The molecule has 0 aliphatic rings. The first-order valence-corrected chi connectivity index (χ1v) is 5.04. The van der Waals surface area contributed by atoms with Crippen molar-refractivity contribution in [3.8, 4) is 5.75 Å². The minimum Gasteiger partial charge on any atom is -0.472 e. The van der Waals surface area contributed by atoms with E-state index in [1.54, 1.807) is 24.3 Å². The molecule has 16 heavy (non-hydrogen) atoms. The van der Waals surface area contributed by atoms with Gasteiger partial charge in [-0.1, -0.05) is 24.3 Å². The maximum Gasteiger partial charge on any atom is 0.179 e. The summed E-state index contributed by atoms with van der Waals surface area (Å²) in [6.45, 7) is 3.02. The van der Waals surface area contributed by atoms with Crippen molar-refractivity contribution >= 4 is 0 Å². The summed E-state index contributed by atoms with van der Waals surface area (Å²) in [5.74, 6) is 0.547. The molecule has 1 rings (SSSR count). The number of ether oxygens (including phenoxy) is 1. The average molecular weight is 223 g/mol. The van der Waals surface area contributed by atoms with Gasteiger partial charge in [0, 0.05) is 6.42 Å². The van der Waals surface area contributed by atoms with E-state index >= 15 is 0 Å². The predicted molar refractivity (Wildman–Crippen MR) is 61.9 cm³/mol. The first kappa shape index (κ1) is 12.7. The van der Waals surface area contributed by atoms with Crippen LogP contribution >= 0.6 is 0 Å². The highest BCUT2D eigenvalue weighted by Crippen LogP contribution is 2.18. The summed E-state index contributed by atoms with van der Waals surface area (Å²) in [6.07, 6.45) is 0.653. The smallest absolute Gasteiger partial charge is 0.179 e. The lowest BCUT2D eigenvalue weighted by Crippen LogP contribution is -2.53. The van der Waals surface area contributed by atoms with E-state index in [9.17, 15) is 5.11 Å². The van der Waals surface area contributed by atoms with Gasteiger partial charge in [-0.2, -0.15) is 0 Å². The molecule has 0 aliphatic carbocycles. The van der Waals surface area contributed by atoms with Gasteiger partial charge in [0.1, 0.15) is 11.4 Å². The maximum atomic E-state index is 9.98. The molecule has 2 atom stereocenters. The number of aliphatic hydroxyl groups excluding tert-OH is 1. The molecule has 0 aliphatic heterocycles. The molecular weight excluding hydrogens is 206 g/mol. The largest absolute Gasteiger partial charge is 0.472 e. The zero-order valence-corrected chi connectivity index (χ0v) is 9.04. The van der Waals surface area contributed by atoms with E-state index in [0.717, 1.165) is 0 Å². The molecule has 0 spiro atoms. The van der Waals surface area contributed by atoms with Crippen molar-refractivity contribution in [3.63, 3.8) is 0 Å². The third kappa shape index (κ3) is 3.06. The van der Waals surface area contributed by atoms with E-state index in [1.165, 1.54) is 6.08 Å². The molecule has 0 radical (unpaired) electrons. The summed E-state index contributed by atoms with van der Waals surface area (Å²) >= 11 is 0.